The Morgan fingerprint density at radius 3 is 2.52 bits per heavy atom. The standard InChI is InChI=1S/C20H24N2O3/c23-19(21-15-20(24)22-10-4-5-11-22)14-17(18-9-6-12-25-18)13-16-7-2-1-3-8-16/h1-3,6-9,12,17H,4-5,10-11,13-15H2,(H,21,23). The second-order valence-electron chi connectivity index (χ2n) is 6.47. The van der Waals surface area contributed by atoms with Gasteiger partial charge in [-0.1, -0.05) is 30.3 Å². The van der Waals surface area contributed by atoms with Gasteiger partial charge in [-0.3, -0.25) is 9.59 Å². The Labute approximate surface area is 148 Å². The molecule has 25 heavy (non-hydrogen) atoms. The predicted octanol–water partition coefficient (Wildman–Crippen LogP) is 2.73. The van der Waals surface area contributed by atoms with Gasteiger partial charge in [-0.2, -0.15) is 0 Å². The lowest BCUT2D eigenvalue weighted by molar-refractivity contribution is -0.132. The smallest absolute Gasteiger partial charge is 0.241 e. The van der Waals surface area contributed by atoms with Crippen molar-refractivity contribution in [2.75, 3.05) is 19.6 Å². The van der Waals surface area contributed by atoms with Crippen molar-refractivity contribution in [2.45, 2.75) is 31.6 Å². The van der Waals surface area contributed by atoms with Crippen LogP contribution in [0.5, 0.6) is 0 Å². The van der Waals surface area contributed by atoms with E-state index in [0.717, 1.165) is 43.7 Å². The second-order valence-corrected chi connectivity index (χ2v) is 6.47. The molecular weight excluding hydrogens is 316 g/mol. The van der Waals surface area contributed by atoms with Gasteiger partial charge in [-0.15, -0.1) is 0 Å². The number of rotatable bonds is 7. The molecule has 2 amide bonds. The SMILES string of the molecule is O=C(CC(Cc1ccccc1)c1ccco1)NCC(=O)N1CCCC1. The summed E-state index contributed by atoms with van der Waals surface area (Å²) in [6.07, 6.45) is 4.76. The Balaban J connectivity index is 1.56. The Bertz CT molecular complexity index is 676. The number of nitrogens with one attached hydrogen (secondary N) is 1. The van der Waals surface area contributed by atoms with Crippen molar-refractivity contribution in [3.8, 4) is 0 Å². The molecule has 1 N–H and O–H groups in total. The van der Waals surface area contributed by atoms with Gasteiger partial charge in [0.25, 0.3) is 0 Å². The molecular formula is C20H24N2O3. The van der Waals surface area contributed by atoms with Crippen LogP contribution in [0.1, 0.15) is 36.5 Å². The van der Waals surface area contributed by atoms with Crippen LogP contribution >= 0.6 is 0 Å². The molecule has 132 valence electrons. The Morgan fingerprint density at radius 1 is 1.08 bits per heavy atom. The number of nitrogens with zero attached hydrogens (tertiary/aromatic N) is 1. The molecule has 1 atom stereocenters. The molecule has 1 aromatic carbocycles. The molecule has 1 unspecified atom stereocenters. The van der Waals surface area contributed by atoms with Gasteiger partial charge in [-0.25, -0.2) is 0 Å². The third-order valence-electron chi connectivity index (χ3n) is 4.60. The Kier molecular flexibility index (Phi) is 5.88. The van der Waals surface area contributed by atoms with E-state index in [0.29, 0.717) is 6.42 Å². The molecule has 1 aliphatic rings. The van der Waals surface area contributed by atoms with E-state index in [1.807, 2.05) is 47.4 Å². The third-order valence-corrected chi connectivity index (χ3v) is 4.60. The first-order valence-electron chi connectivity index (χ1n) is 8.84. The van der Waals surface area contributed by atoms with Crippen molar-refractivity contribution in [2.24, 2.45) is 0 Å². The third kappa shape index (κ3) is 4.95. The molecule has 2 heterocycles. The van der Waals surface area contributed by atoms with Crippen LogP contribution in [-0.4, -0.2) is 36.3 Å². The van der Waals surface area contributed by atoms with E-state index < -0.39 is 0 Å². The Morgan fingerprint density at radius 2 is 1.84 bits per heavy atom. The highest BCUT2D eigenvalue weighted by atomic mass is 16.3. The summed E-state index contributed by atoms with van der Waals surface area (Å²) in [7, 11) is 0. The van der Waals surface area contributed by atoms with Crippen molar-refractivity contribution in [1.29, 1.82) is 0 Å². The summed E-state index contributed by atoms with van der Waals surface area (Å²) in [6.45, 7) is 1.69. The fourth-order valence-corrected chi connectivity index (χ4v) is 3.24. The number of likely N-dealkylation sites (tertiary alicyclic amines) is 1. The molecule has 0 saturated carbocycles. The van der Waals surface area contributed by atoms with E-state index in [9.17, 15) is 9.59 Å². The maximum absolute atomic E-state index is 12.3. The second kappa shape index (κ2) is 8.51. The summed E-state index contributed by atoms with van der Waals surface area (Å²) in [5.41, 5.74) is 1.16. The molecule has 3 rings (SSSR count). The molecule has 1 fully saturated rings. The molecule has 2 aromatic rings. The lowest BCUT2D eigenvalue weighted by atomic mass is 9.93. The molecule has 0 radical (unpaired) electrons. The summed E-state index contributed by atoms with van der Waals surface area (Å²) in [5.74, 6) is 0.637. The number of carbonyl (C=O) groups is 2. The minimum atomic E-state index is -0.120. The van der Waals surface area contributed by atoms with Gasteiger partial charge in [-0.05, 0) is 37.0 Å². The van der Waals surface area contributed by atoms with E-state index in [1.54, 1.807) is 6.26 Å². The van der Waals surface area contributed by atoms with Crippen molar-refractivity contribution in [3.63, 3.8) is 0 Å². The van der Waals surface area contributed by atoms with Gasteiger partial charge in [0.2, 0.25) is 11.8 Å². The first-order chi connectivity index (χ1) is 12.2. The zero-order valence-corrected chi connectivity index (χ0v) is 14.3. The number of carbonyl (C=O) groups excluding carboxylic acids is 2. The molecule has 5 heteroatoms. The molecule has 1 saturated heterocycles. The van der Waals surface area contributed by atoms with Crippen LogP contribution in [0.3, 0.4) is 0 Å². The number of amides is 2. The van der Waals surface area contributed by atoms with E-state index in [1.165, 1.54) is 0 Å². The van der Waals surface area contributed by atoms with Crippen LogP contribution in [0.4, 0.5) is 0 Å². The molecule has 5 nitrogen and oxygen atoms in total. The van der Waals surface area contributed by atoms with Gasteiger partial charge in [0.1, 0.15) is 5.76 Å². The average Bonchev–Trinajstić information content (AvgIpc) is 3.33. The molecule has 0 bridgehead atoms. The van der Waals surface area contributed by atoms with Crippen LogP contribution in [0.15, 0.2) is 53.1 Å². The topological polar surface area (TPSA) is 62.6 Å². The molecule has 1 aliphatic heterocycles. The van der Waals surface area contributed by atoms with E-state index >= 15 is 0 Å². The molecule has 0 spiro atoms. The first kappa shape index (κ1) is 17.3. The predicted molar refractivity (Wildman–Crippen MR) is 95.0 cm³/mol. The van der Waals surface area contributed by atoms with Crippen LogP contribution < -0.4 is 5.32 Å². The number of hydrogen-bond acceptors (Lipinski definition) is 3. The summed E-state index contributed by atoms with van der Waals surface area (Å²) in [6, 6.07) is 13.8. The summed E-state index contributed by atoms with van der Waals surface area (Å²) < 4.78 is 5.52. The molecule has 0 aliphatic carbocycles. The lowest BCUT2D eigenvalue weighted by Gasteiger charge is -2.17. The van der Waals surface area contributed by atoms with Crippen LogP contribution in [-0.2, 0) is 16.0 Å². The fraction of sp³-hybridized carbons (Fsp3) is 0.400. The molecule has 1 aromatic heterocycles. The fourth-order valence-electron chi connectivity index (χ4n) is 3.24. The van der Waals surface area contributed by atoms with Crippen molar-refractivity contribution < 1.29 is 14.0 Å². The zero-order valence-electron chi connectivity index (χ0n) is 14.3. The van der Waals surface area contributed by atoms with E-state index in [2.05, 4.69) is 5.32 Å². The maximum Gasteiger partial charge on any atom is 0.241 e. The highest BCUT2D eigenvalue weighted by Crippen LogP contribution is 2.24. The first-order valence-corrected chi connectivity index (χ1v) is 8.84. The largest absolute Gasteiger partial charge is 0.469 e. The van der Waals surface area contributed by atoms with Crippen molar-refractivity contribution >= 4 is 11.8 Å². The minimum Gasteiger partial charge on any atom is -0.469 e. The van der Waals surface area contributed by atoms with Crippen molar-refractivity contribution in [1.82, 2.24) is 10.2 Å². The van der Waals surface area contributed by atoms with Gasteiger partial charge < -0.3 is 14.6 Å². The Hall–Kier alpha value is -2.56. The normalized spacial score (nSPS) is 15.1. The highest BCUT2D eigenvalue weighted by molar-refractivity contribution is 5.85. The number of hydrogen-bond donors (Lipinski definition) is 1. The number of furan rings is 1. The minimum absolute atomic E-state index is 0.00320. The monoisotopic (exact) mass is 340 g/mol. The van der Waals surface area contributed by atoms with Crippen LogP contribution in [0, 0.1) is 0 Å². The van der Waals surface area contributed by atoms with E-state index in [4.69, 9.17) is 4.42 Å². The summed E-state index contributed by atoms with van der Waals surface area (Å²) >= 11 is 0. The van der Waals surface area contributed by atoms with Crippen LogP contribution in [0.2, 0.25) is 0 Å². The quantitative estimate of drug-likeness (QED) is 0.843. The zero-order chi connectivity index (χ0) is 17.5. The van der Waals surface area contributed by atoms with Gasteiger partial charge >= 0.3 is 0 Å². The number of benzene rings is 1. The van der Waals surface area contributed by atoms with Gasteiger partial charge in [0, 0.05) is 25.4 Å². The van der Waals surface area contributed by atoms with Crippen molar-refractivity contribution in [3.05, 3.63) is 60.1 Å². The van der Waals surface area contributed by atoms with E-state index in [-0.39, 0.29) is 24.3 Å². The van der Waals surface area contributed by atoms with Crippen LogP contribution in [0.25, 0.3) is 0 Å². The van der Waals surface area contributed by atoms with Gasteiger partial charge in [0.15, 0.2) is 0 Å². The lowest BCUT2D eigenvalue weighted by Crippen LogP contribution is -2.39. The summed E-state index contributed by atoms with van der Waals surface area (Å²) in [5, 5.41) is 2.77. The maximum atomic E-state index is 12.3. The average molecular weight is 340 g/mol. The summed E-state index contributed by atoms with van der Waals surface area (Å²) in [4.78, 5) is 26.2. The highest BCUT2D eigenvalue weighted by Gasteiger charge is 2.21. The van der Waals surface area contributed by atoms with Gasteiger partial charge in [0.05, 0.1) is 12.8 Å².